The van der Waals surface area contributed by atoms with Gasteiger partial charge < -0.3 is 19.0 Å². The SMILES string of the molecule is COCO[C@@H]1COC(=O)/C1=C/CC(C)(C)C=O. The molecule has 0 bridgehead atoms. The van der Waals surface area contributed by atoms with Gasteiger partial charge in [-0.05, 0) is 6.42 Å². The molecule has 5 nitrogen and oxygen atoms in total. The molecule has 0 aromatic carbocycles. The van der Waals surface area contributed by atoms with Crippen LogP contribution in [0.2, 0.25) is 0 Å². The quantitative estimate of drug-likeness (QED) is 0.302. The lowest BCUT2D eigenvalue weighted by atomic mass is 9.90. The third-order valence-electron chi connectivity index (χ3n) is 2.50. The summed E-state index contributed by atoms with van der Waals surface area (Å²) in [5.74, 6) is -0.382. The third-order valence-corrected chi connectivity index (χ3v) is 2.50. The Labute approximate surface area is 101 Å². The summed E-state index contributed by atoms with van der Waals surface area (Å²) < 4.78 is 15.0. The van der Waals surface area contributed by atoms with Gasteiger partial charge in [0.1, 0.15) is 25.8 Å². The Morgan fingerprint density at radius 2 is 2.24 bits per heavy atom. The zero-order valence-corrected chi connectivity index (χ0v) is 10.4. The first-order valence-corrected chi connectivity index (χ1v) is 5.44. The molecule has 1 atom stereocenters. The molecule has 17 heavy (non-hydrogen) atoms. The van der Waals surface area contributed by atoms with Crippen LogP contribution >= 0.6 is 0 Å². The Balaban J connectivity index is 2.67. The summed E-state index contributed by atoms with van der Waals surface area (Å²) in [6, 6.07) is 0. The van der Waals surface area contributed by atoms with Crippen LogP contribution in [0, 0.1) is 5.41 Å². The molecule has 1 aliphatic rings. The van der Waals surface area contributed by atoms with E-state index in [-0.39, 0.29) is 19.4 Å². The van der Waals surface area contributed by atoms with Crippen molar-refractivity contribution in [2.75, 3.05) is 20.5 Å². The van der Waals surface area contributed by atoms with Gasteiger partial charge in [-0.2, -0.15) is 0 Å². The number of esters is 1. The zero-order valence-electron chi connectivity index (χ0n) is 10.4. The molecule has 1 aliphatic heterocycles. The van der Waals surface area contributed by atoms with E-state index in [0.717, 1.165) is 6.29 Å². The van der Waals surface area contributed by atoms with Gasteiger partial charge in [-0.3, -0.25) is 0 Å². The van der Waals surface area contributed by atoms with Gasteiger partial charge in [0.15, 0.2) is 0 Å². The molecule has 1 heterocycles. The molecule has 0 radical (unpaired) electrons. The summed E-state index contributed by atoms with van der Waals surface area (Å²) in [6.45, 7) is 3.93. The molecule has 0 unspecified atom stereocenters. The van der Waals surface area contributed by atoms with Gasteiger partial charge >= 0.3 is 5.97 Å². The van der Waals surface area contributed by atoms with E-state index in [0.29, 0.717) is 12.0 Å². The normalized spacial score (nSPS) is 22.9. The standard InChI is InChI=1S/C12H18O5/c1-12(2,7-13)5-4-9-10(17-8-15-3)6-16-11(9)14/h4,7,10H,5-6,8H2,1-3H3/b9-4+/t10-/m1/s1. The molecular formula is C12H18O5. The summed E-state index contributed by atoms with van der Waals surface area (Å²) in [7, 11) is 1.51. The maximum Gasteiger partial charge on any atom is 0.336 e. The highest BCUT2D eigenvalue weighted by molar-refractivity contribution is 5.91. The number of hydrogen-bond donors (Lipinski definition) is 0. The largest absolute Gasteiger partial charge is 0.459 e. The van der Waals surface area contributed by atoms with Crippen LogP contribution in [-0.2, 0) is 23.8 Å². The van der Waals surface area contributed by atoms with Crippen molar-refractivity contribution >= 4 is 12.3 Å². The summed E-state index contributed by atoms with van der Waals surface area (Å²) in [6.07, 6.45) is 2.66. The second kappa shape index (κ2) is 5.93. The maximum absolute atomic E-state index is 11.5. The number of rotatable bonds is 6. The molecule has 0 saturated carbocycles. The number of methoxy groups -OCH3 is 1. The Morgan fingerprint density at radius 3 is 2.82 bits per heavy atom. The smallest absolute Gasteiger partial charge is 0.336 e. The fraction of sp³-hybridized carbons (Fsp3) is 0.667. The molecule has 0 aliphatic carbocycles. The van der Waals surface area contributed by atoms with E-state index >= 15 is 0 Å². The van der Waals surface area contributed by atoms with Gasteiger partial charge in [-0.25, -0.2) is 4.79 Å². The molecule has 96 valence electrons. The molecule has 1 fully saturated rings. The van der Waals surface area contributed by atoms with Crippen LogP contribution in [0.15, 0.2) is 11.6 Å². The number of hydrogen-bond acceptors (Lipinski definition) is 5. The van der Waals surface area contributed by atoms with Crippen LogP contribution in [0.25, 0.3) is 0 Å². The second-order valence-corrected chi connectivity index (χ2v) is 4.63. The summed E-state index contributed by atoms with van der Waals surface area (Å²) in [4.78, 5) is 22.2. The van der Waals surface area contributed by atoms with E-state index in [1.807, 2.05) is 13.8 Å². The first-order chi connectivity index (χ1) is 8.00. The minimum Gasteiger partial charge on any atom is -0.459 e. The van der Waals surface area contributed by atoms with Gasteiger partial charge in [0.2, 0.25) is 0 Å². The Hall–Kier alpha value is -1.20. The minimum absolute atomic E-state index is 0.107. The first-order valence-electron chi connectivity index (χ1n) is 5.44. The third kappa shape index (κ3) is 3.94. The van der Waals surface area contributed by atoms with Crippen molar-refractivity contribution in [1.82, 2.24) is 0 Å². The Kier molecular flexibility index (Phi) is 4.84. The lowest BCUT2D eigenvalue weighted by Crippen LogP contribution is -2.18. The molecule has 1 rings (SSSR count). The van der Waals surface area contributed by atoms with Crippen LogP contribution < -0.4 is 0 Å². The van der Waals surface area contributed by atoms with E-state index in [2.05, 4.69) is 0 Å². The highest BCUT2D eigenvalue weighted by Gasteiger charge is 2.31. The fourth-order valence-electron chi connectivity index (χ4n) is 1.38. The first kappa shape index (κ1) is 13.9. The van der Waals surface area contributed by atoms with Crippen molar-refractivity contribution in [2.24, 2.45) is 5.41 Å². The number of ether oxygens (including phenoxy) is 3. The van der Waals surface area contributed by atoms with Gasteiger partial charge in [0.25, 0.3) is 0 Å². The van der Waals surface area contributed by atoms with Gasteiger partial charge in [0.05, 0.1) is 5.57 Å². The molecule has 0 aromatic rings. The lowest BCUT2D eigenvalue weighted by molar-refractivity contribution is -0.135. The van der Waals surface area contributed by atoms with Crippen molar-refractivity contribution in [1.29, 1.82) is 0 Å². The number of carbonyl (C=O) groups excluding carboxylic acids is 2. The predicted molar refractivity (Wildman–Crippen MR) is 60.3 cm³/mol. The zero-order chi connectivity index (χ0) is 12.9. The fourth-order valence-corrected chi connectivity index (χ4v) is 1.38. The molecule has 1 saturated heterocycles. The average Bonchev–Trinajstić information content (AvgIpc) is 2.65. The Bertz CT molecular complexity index is 319. The molecule has 0 aromatic heterocycles. The molecule has 5 heteroatoms. The topological polar surface area (TPSA) is 61.8 Å². The van der Waals surface area contributed by atoms with Crippen molar-refractivity contribution in [2.45, 2.75) is 26.4 Å². The van der Waals surface area contributed by atoms with Crippen LogP contribution in [0.3, 0.4) is 0 Å². The van der Waals surface area contributed by atoms with E-state index < -0.39 is 11.5 Å². The lowest BCUT2D eigenvalue weighted by Gasteiger charge is -2.14. The molecule has 0 amide bonds. The van der Waals surface area contributed by atoms with Crippen molar-refractivity contribution in [3.8, 4) is 0 Å². The van der Waals surface area contributed by atoms with Crippen molar-refractivity contribution < 1.29 is 23.8 Å². The monoisotopic (exact) mass is 242 g/mol. The van der Waals surface area contributed by atoms with E-state index in [4.69, 9.17) is 14.2 Å². The molecule has 0 spiro atoms. The van der Waals surface area contributed by atoms with Crippen LogP contribution in [0.1, 0.15) is 20.3 Å². The summed E-state index contributed by atoms with van der Waals surface area (Å²) in [5, 5.41) is 0. The highest BCUT2D eigenvalue weighted by Crippen LogP contribution is 2.23. The summed E-state index contributed by atoms with van der Waals surface area (Å²) in [5.41, 5.74) is -0.0150. The van der Waals surface area contributed by atoms with Crippen LogP contribution in [0.4, 0.5) is 0 Å². The van der Waals surface area contributed by atoms with E-state index in [1.54, 1.807) is 6.08 Å². The minimum atomic E-state index is -0.484. The number of carbonyl (C=O) groups is 2. The van der Waals surface area contributed by atoms with Gasteiger partial charge in [-0.15, -0.1) is 0 Å². The van der Waals surface area contributed by atoms with E-state index in [1.165, 1.54) is 7.11 Å². The maximum atomic E-state index is 11.5. The van der Waals surface area contributed by atoms with Crippen LogP contribution in [0.5, 0.6) is 0 Å². The summed E-state index contributed by atoms with van der Waals surface area (Å²) >= 11 is 0. The molecular weight excluding hydrogens is 224 g/mol. The molecule has 0 N–H and O–H groups in total. The number of aldehydes is 1. The van der Waals surface area contributed by atoms with Crippen LogP contribution in [-0.4, -0.2) is 38.9 Å². The Morgan fingerprint density at radius 1 is 1.53 bits per heavy atom. The number of cyclic esters (lactones) is 1. The highest BCUT2D eigenvalue weighted by atomic mass is 16.7. The van der Waals surface area contributed by atoms with Crippen molar-refractivity contribution in [3.05, 3.63) is 11.6 Å². The number of allylic oxidation sites excluding steroid dienone is 1. The van der Waals surface area contributed by atoms with Crippen molar-refractivity contribution in [3.63, 3.8) is 0 Å². The predicted octanol–water partition coefficient (Wildman–Crippen LogP) is 1.07. The second-order valence-electron chi connectivity index (χ2n) is 4.63. The average molecular weight is 242 g/mol. The van der Waals surface area contributed by atoms with Gasteiger partial charge in [0, 0.05) is 12.5 Å². The van der Waals surface area contributed by atoms with Gasteiger partial charge in [-0.1, -0.05) is 19.9 Å². The van der Waals surface area contributed by atoms with E-state index in [9.17, 15) is 9.59 Å².